The van der Waals surface area contributed by atoms with Crippen LogP contribution >= 0.6 is 15.9 Å². The lowest BCUT2D eigenvalue weighted by Gasteiger charge is -2.13. The molecule has 2 atom stereocenters. The molecule has 2 rings (SSSR count). The molecule has 0 saturated carbocycles. The Morgan fingerprint density at radius 2 is 2.29 bits per heavy atom. The first-order valence-electron chi connectivity index (χ1n) is 4.75. The van der Waals surface area contributed by atoms with Gasteiger partial charge in [-0.05, 0) is 18.6 Å². The number of hydrogen-bond acceptors (Lipinski definition) is 2. The minimum atomic E-state index is 0.120. The highest BCUT2D eigenvalue weighted by molar-refractivity contribution is 9.10. The van der Waals surface area contributed by atoms with Gasteiger partial charge in [-0.2, -0.15) is 0 Å². The Balaban J connectivity index is 1.95. The van der Waals surface area contributed by atoms with Crippen LogP contribution in [0.2, 0.25) is 0 Å². The van der Waals surface area contributed by atoms with Gasteiger partial charge in [0.2, 0.25) is 0 Å². The standard InChI is InChI=1S/C11H13BrO2/c1-8(13-6-9-7-14-9)10-4-2-3-5-11(10)12/h2-5,8-9H,6-7H2,1H3/t8?,9-/m0/s1. The molecule has 1 aromatic carbocycles. The molecule has 76 valence electrons. The molecule has 0 aromatic heterocycles. The zero-order chi connectivity index (χ0) is 9.97. The number of ether oxygens (including phenoxy) is 2. The SMILES string of the molecule is CC(OC[C@H]1CO1)c1ccccc1Br. The molecule has 0 spiro atoms. The van der Waals surface area contributed by atoms with E-state index < -0.39 is 0 Å². The van der Waals surface area contributed by atoms with Crippen LogP contribution in [0.15, 0.2) is 28.7 Å². The Bertz CT molecular complexity index is 310. The Morgan fingerprint density at radius 1 is 1.57 bits per heavy atom. The number of rotatable bonds is 4. The van der Waals surface area contributed by atoms with Crippen LogP contribution in [0.25, 0.3) is 0 Å². The van der Waals surface area contributed by atoms with Crippen molar-refractivity contribution in [3.63, 3.8) is 0 Å². The van der Waals surface area contributed by atoms with E-state index in [0.29, 0.717) is 12.7 Å². The second kappa shape index (κ2) is 4.43. The molecule has 0 amide bonds. The molecule has 1 saturated heterocycles. The van der Waals surface area contributed by atoms with Crippen molar-refractivity contribution < 1.29 is 9.47 Å². The van der Waals surface area contributed by atoms with E-state index in [4.69, 9.17) is 9.47 Å². The normalized spacial score (nSPS) is 22.0. The highest BCUT2D eigenvalue weighted by atomic mass is 79.9. The van der Waals surface area contributed by atoms with Crippen molar-refractivity contribution in [3.05, 3.63) is 34.3 Å². The maximum atomic E-state index is 5.68. The van der Waals surface area contributed by atoms with Crippen molar-refractivity contribution in [2.45, 2.75) is 19.1 Å². The first-order valence-corrected chi connectivity index (χ1v) is 5.54. The summed E-state index contributed by atoms with van der Waals surface area (Å²) in [7, 11) is 0. The first kappa shape index (κ1) is 10.1. The van der Waals surface area contributed by atoms with Gasteiger partial charge >= 0.3 is 0 Å². The van der Waals surface area contributed by atoms with Crippen LogP contribution in [0, 0.1) is 0 Å². The van der Waals surface area contributed by atoms with Crippen LogP contribution in [0.1, 0.15) is 18.6 Å². The molecule has 1 fully saturated rings. The van der Waals surface area contributed by atoms with E-state index in [0.717, 1.165) is 11.1 Å². The second-order valence-electron chi connectivity index (χ2n) is 3.45. The van der Waals surface area contributed by atoms with E-state index in [-0.39, 0.29) is 6.10 Å². The number of hydrogen-bond donors (Lipinski definition) is 0. The van der Waals surface area contributed by atoms with E-state index in [1.165, 1.54) is 5.56 Å². The predicted molar refractivity (Wildman–Crippen MR) is 58.2 cm³/mol. The fourth-order valence-corrected chi connectivity index (χ4v) is 1.92. The third-order valence-electron chi connectivity index (χ3n) is 2.28. The summed E-state index contributed by atoms with van der Waals surface area (Å²) in [5.41, 5.74) is 1.19. The predicted octanol–water partition coefficient (Wildman–Crippen LogP) is 2.93. The molecule has 0 bridgehead atoms. The van der Waals surface area contributed by atoms with Crippen molar-refractivity contribution in [1.82, 2.24) is 0 Å². The maximum Gasteiger partial charge on any atom is 0.104 e. The lowest BCUT2D eigenvalue weighted by molar-refractivity contribution is 0.0535. The maximum absolute atomic E-state index is 5.68. The van der Waals surface area contributed by atoms with Crippen LogP contribution < -0.4 is 0 Å². The molecule has 0 N–H and O–H groups in total. The summed E-state index contributed by atoms with van der Waals surface area (Å²) < 4.78 is 11.9. The lowest BCUT2D eigenvalue weighted by atomic mass is 10.1. The molecule has 1 aromatic rings. The molecular formula is C11H13BrO2. The van der Waals surface area contributed by atoms with E-state index >= 15 is 0 Å². The average Bonchev–Trinajstić information content (AvgIpc) is 2.98. The Morgan fingerprint density at radius 3 is 2.93 bits per heavy atom. The van der Waals surface area contributed by atoms with E-state index in [1.54, 1.807) is 0 Å². The van der Waals surface area contributed by atoms with Gasteiger partial charge in [-0.15, -0.1) is 0 Å². The van der Waals surface area contributed by atoms with Crippen molar-refractivity contribution in [3.8, 4) is 0 Å². The van der Waals surface area contributed by atoms with Crippen molar-refractivity contribution in [1.29, 1.82) is 0 Å². The molecule has 2 nitrogen and oxygen atoms in total. The second-order valence-corrected chi connectivity index (χ2v) is 4.31. The van der Waals surface area contributed by atoms with Crippen LogP contribution in [-0.2, 0) is 9.47 Å². The summed E-state index contributed by atoms with van der Waals surface area (Å²) in [4.78, 5) is 0. The molecule has 1 heterocycles. The van der Waals surface area contributed by atoms with Crippen LogP contribution in [0.5, 0.6) is 0 Å². The fraction of sp³-hybridized carbons (Fsp3) is 0.455. The zero-order valence-corrected chi connectivity index (χ0v) is 9.66. The first-order chi connectivity index (χ1) is 6.77. The molecule has 1 aliphatic heterocycles. The van der Waals surface area contributed by atoms with Gasteiger partial charge in [-0.1, -0.05) is 34.1 Å². The topological polar surface area (TPSA) is 21.8 Å². The smallest absolute Gasteiger partial charge is 0.104 e. The van der Waals surface area contributed by atoms with Gasteiger partial charge in [-0.3, -0.25) is 0 Å². The Labute approximate surface area is 92.3 Å². The highest BCUT2D eigenvalue weighted by Gasteiger charge is 2.23. The van der Waals surface area contributed by atoms with Crippen molar-refractivity contribution in [2.24, 2.45) is 0 Å². The van der Waals surface area contributed by atoms with Gasteiger partial charge in [0.05, 0.1) is 19.3 Å². The minimum absolute atomic E-state index is 0.120. The summed E-state index contributed by atoms with van der Waals surface area (Å²) in [6.45, 7) is 3.60. The number of epoxide rings is 1. The van der Waals surface area contributed by atoms with E-state index in [9.17, 15) is 0 Å². The van der Waals surface area contributed by atoms with Gasteiger partial charge in [0, 0.05) is 4.47 Å². The fourth-order valence-electron chi connectivity index (χ4n) is 1.31. The summed E-state index contributed by atoms with van der Waals surface area (Å²) in [5.74, 6) is 0. The average molecular weight is 257 g/mol. The van der Waals surface area contributed by atoms with Crippen LogP contribution in [-0.4, -0.2) is 19.3 Å². The van der Waals surface area contributed by atoms with Gasteiger partial charge in [0.25, 0.3) is 0 Å². The monoisotopic (exact) mass is 256 g/mol. The van der Waals surface area contributed by atoms with Crippen molar-refractivity contribution in [2.75, 3.05) is 13.2 Å². The Hall–Kier alpha value is -0.380. The highest BCUT2D eigenvalue weighted by Crippen LogP contribution is 2.26. The summed E-state index contributed by atoms with van der Waals surface area (Å²) in [5, 5.41) is 0. The summed E-state index contributed by atoms with van der Waals surface area (Å²) in [6, 6.07) is 8.13. The van der Waals surface area contributed by atoms with Gasteiger partial charge < -0.3 is 9.47 Å². The lowest BCUT2D eigenvalue weighted by Crippen LogP contribution is -2.06. The summed E-state index contributed by atoms with van der Waals surface area (Å²) in [6.07, 6.45) is 0.453. The van der Waals surface area contributed by atoms with Gasteiger partial charge in [-0.25, -0.2) is 0 Å². The molecule has 0 radical (unpaired) electrons. The third-order valence-corrected chi connectivity index (χ3v) is 3.00. The Kier molecular flexibility index (Phi) is 3.21. The zero-order valence-electron chi connectivity index (χ0n) is 8.07. The quantitative estimate of drug-likeness (QED) is 0.773. The molecule has 0 aliphatic carbocycles. The van der Waals surface area contributed by atoms with Crippen molar-refractivity contribution >= 4 is 15.9 Å². The molecule has 1 unspecified atom stereocenters. The van der Waals surface area contributed by atoms with Gasteiger partial charge in [0.1, 0.15) is 6.10 Å². The summed E-state index contributed by atoms with van der Waals surface area (Å²) >= 11 is 3.51. The van der Waals surface area contributed by atoms with Crippen LogP contribution in [0.4, 0.5) is 0 Å². The number of halogens is 1. The molecular weight excluding hydrogens is 244 g/mol. The van der Waals surface area contributed by atoms with E-state index in [2.05, 4.69) is 28.9 Å². The van der Waals surface area contributed by atoms with Crippen LogP contribution in [0.3, 0.4) is 0 Å². The molecule has 14 heavy (non-hydrogen) atoms. The van der Waals surface area contributed by atoms with Gasteiger partial charge in [0.15, 0.2) is 0 Å². The number of benzene rings is 1. The molecule has 1 aliphatic rings. The third kappa shape index (κ3) is 2.56. The minimum Gasteiger partial charge on any atom is -0.371 e. The molecule has 3 heteroatoms. The largest absolute Gasteiger partial charge is 0.371 e. The van der Waals surface area contributed by atoms with E-state index in [1.807, 2.05) is 18.2 Å².